The fourth-order valence-corrected chi connectivity index (χ4v) is 3.36. The van der Waals surface area contributed by atoms with E-state index in [-0.39, 0.29) is 0 Å². The number of nitrogen functional groups attached to an aromatic ring is 1. The molecule has 1 unspecified atom stereocenters. The quantitative estimate of drug-likeness (QED) is 0.888. The van der Waals surface area contributed by atoms with Gasteiger partial charge < -0.3 is 10.6 Å². The van der Waals surface area contributed by atoms with E-state index >= 15 is 0 Å². The first-order valence-electron chi connectivity index (χ1n) is 7.38. The van der Waals surface area contributed by atoms with E-state index in [2.05, 4.69) is 26.7 Å². The van der Waals surface area contributed by atoms with Crippen molar-refractivity contribution in [3.8, 4) is 0 Å². The summed E-state index contributed by atoms with van der Waals surface area (Å²) in [6.07, 6.45) is 6.30. The van der Waals surface area contributed by atoms with Crippen molar-refractivity contribution in [2.45, 2.75) is 38.6 Å². The monoisotopic (exact) mass is 261 g/mol. The fourth-order valence-electron chi connectivity index (χ4n) is 3.36. The van der Waals surface area contributed by atoms with Gasteiger partial charge in [-0.25, -0.2) is 9.97 Å². The lowest BCUT2D eigenvalue weighted by atomic mass is 10.1. The number of aromatic nitrogens is 2. The van der Waals surface area contributed by atoms with Gasteiger partial charge in [-0.1, -0.05) is 13.3 Å². The molecule has 2 aliphatic rings. The molecule has 0 spiro atoms. The predicted octanol–water partition coefficient (Wildman–Crippen LogP) is 1.30. The summed E-state index contributed by atoms with van der Waals surface area (Å²) in [6.45, 7) is 6.74. The molecule has 1 aromatic heterocycles. The second-order valence-corrected chi connectivity index (χ2v) is 5.59. The van der Waals surface area contributed by atoms with Crippen molar-refractivity contribution >= 4 is 11.6 Å². The number of nitrogens with zero attached hydrogens (tertiary/aromatic N) is 4. The molecule has 19 heavy (non-hydrogen) atoms. The van der Waals surface area contributed by atoms with Gasteiger partial charge in [-0.2, -0.15) is 0 Å². The number of fused-ring (bicyclic) bond motifs is 1. The highest BCUT2D eigenvalue weighted by Gasteiger charge is 2.31. The second-order valence-electron chi connectivity index (χ2n) is 5.59. The molecule has 5 nitrogen and oxygen atoms in total. The molecule has 5 heteroatoms. The molecule has 2 N–H and O–H groups in total. The first-order valence-corrected chi connectivity index (χ1v) is 7.38. The van der Waals surface area contributed by atoms with Crippen molar-refractivity contribution in [2.24, 2.45) is 0 Å². The maximum atomic E-state index is 6.03. The summed E-state index contributed by atoms with van der Waals surface area (Å²) in [5.74, 6) is 1.72. The van der Waals surface area contributed by atoms with Crippen molar-refractivity contribution in [3.05, 3.63) is 11.9 Å². The third-order valence-corrected chi connectivity index (χ3v) is 4.34. The van der Waals surface area contributed by atoms with Gasteiger partial charge in [0.1, 0.15) is 18.0 Å². The van der Waals surface area contributed by atoms with Gasteiger partial charge in [0.25, 0.3) is 0 Å². The van der Waals surface area contributed by atoms with Crippen LogP contribution in [0.5, 0.6) is 0 Å². The summed E-state index contributed by atoms with van der Waals surface area (Å²) in [5, 5.41) is 0. The smallest absolute Gasteiger partial charge is 0.137 e. The average molecular weight is 261 g/mol. The average Bonchev–Trinajstić information content (AvgIpc) is 2.88. The van der Waals surface area contributed by atoms with Gasteiger partial charge in [0, 0.05) is 31.2 Å². The van der Waals surface area contributed by atoms with Crippen LogP contribution in [0.3, 0.4) is 0 Å². The summed E-state index contributed by atoms with van der Waals surface area (Å²) < 4.78 is 0. The lowest BCUT2D eigenvalue weighted by Gasteiger charge is -2.38. The minimum Gasteiger partial charge on any atom is -0.383 e. The molecule has 0 aromatic carbocycles. The molecule has 104 valence electrons. The Morgan fingerprint density at radius 2 is 2.21 bits per heavy atom. The van der Waals surface area contributed by atoms with Gasteiger partial charge >= 0.3 is 0 Å². The van der Waals surface area contributed by atoms with Crippen LogP contribution in [0.25, 0.3) is 0 Å². The Balaban J connectivity index is 1.83. The van der Waals surface area contributed by atoms with Crippen molar-refractivity contribution in [2.75, 3.05) is 36.8 Å². The first kappa shape index (κ1) is 12.7. The summed E-state index contributed by atoms with van der Waals surface area (Å²) in [5.41, 5.74) is 7.17. The molecule has 3 rings (SSSR count). The van der Waals surface area contributed by atoms with Gasteiger partial charge in [-0.15, -0.1) is 0 Å². The lowest BCUT2D eigenvalue weighted by Crippen LogP contribution is -2.50. The van der Waals surface area contributed by atoms with Gasteiger partial charge in [0.2, 0.25) is 0 Å². The van der Waals surface area contributed by atoms with Crippen LogP contribution in [0, 0.1) is 0 Å². The number of hydrogen-bond acceptors (Lipinski definition) is 5. The SMILES string of the molecule is CCCc1c(N)ncnc1N1CCN2CCCC2C1. The number of piperazine rings is 1. The normalized spacial score (nSPS) is 23.6. The molecule has 2 aliphatic heterocycles. The highest BCUT2D eigenvalue weighted by atomic mass is 15.3. The standard InChI is InChI=1S/C14H23N5/c1-2-4-12-13(15)16-10-17-14(12)19-8-7-18-6-3-5-11(18)9-19/h10-11H,2-9H2,1H3,(H2,15,16,17). The topological polar surface area (TPSA) is 58.3 Å². The lowest BCUT2D eigenvalue weighted by molar-refractivity contribution is 0.230. The highest BCUT2D eigenvalue weighted by molar-refractivity contribution is 5.57. The zero-order chi connectivity index (χ0) is 13.2. The number of rotatable bonds is 3. The zero-order valence-electron chi connectivity index (χ0n) is 11.7. The summed E-state index contributed by atoms with van der Waals surface area (Å²) in [4.78, 5) is 13.7. The maximum absolute atomic E-state index is 6.03. The minimum atomic E-state index is 0.653. The minimum absolute atomic E-state index is 0.653. The first-order chi connectivity index (χ1) is 9.29. The fraction of sp³-hybridized carbons (Fsp3) is 0.714. The molecule has 0 radical (unpaired) electrons. The maximum Gasteiger partial charge on any atom is 0.137 e. The van der Waals surface area contributed by atoms with Gasteiger partial charge in [-0.3, -0.25) is 4.90 Å². The summed E-state index contributed by atoms with van der Waals surface area (Å²) >= 11 is 0. The number of anilines is 2. The Kier molecular flexibility index (Phi) is 3.55. The van der Waals surface area contributed by atoms with Crippen molar-refractivity contribution in [1.29, 1.82) is 0 Å². The molecule has 3 heterocycles. The number of hydrogen-bond donors (Lipinski definition) is 1. The Morgan fingerprint density at radius 1 is 1.32 bits per heavy atom. The predicted molar refractivity (Wildman–Crippen MR) is 77.2 cm³/mol. The van der Waals surface area contributed by atoms with Gasteiger partial charge in [0.05, 0.1) is 0 Å². The van der Waals surface area contributed by atoms with E-state index in [9.17, 15) is 0 Å². The van der Waals surface area contributed by atoms with E-state index in [1.54, 1.807) is 6.33 Å². The van der Waals surface area contributed by atoms with Crippen molar-refractivity contribution in [1.82, 2.24) is 14.9 Å². The van der Waals surface area contributed by atoms with Crippen LogP contribution in [0.2, 0.25) is 0 Å². The van der Waals surface area contributed by atoms with Crippen LogP contribution in [-0.4, -0.2) is 47.1 Å². The zero-order valence-corrected chi connectivity index (χ0v) is 11.7. The van der Waals surface area contributed by atoms with Crippen LogP contribution in [0.1, 0.15) is 31.7 Å². The molecule has 0 aliphatic carbocycles. The van der Waals surface area contributed by atoms with Gasteiger partial charge in [0.15, 0.2) is 0 Å². The molecule has 2 fully saturated rings. The second kappa shape index (κ2) is 5.33. The Morgan fingerprint density at radius 3 is 3.05 bits per heavy atom. The van der Waals surface area contributed by atoms with Gasteiger partial charge in [-0.05, 0) is 25.8 Å². The van der Waals surface area contributed by atoms with Crippen LogP contribution in [-0.2, 0) is 6.42 Å². The third kappa shape index (κ3) is 2.39. The molecule has 0 saturated carbocycles. The summed E-state index contributed by atoms with van der Waals surface area (Å²) in [7, 11) is 0. The van der Waals surface area contributed by atoms with Crippen LogP contribution in [0.15, 0.2) is 6.33 Å². The molecule has 1 atom stereocenters. The van der Waals surface area contributed by atoms with Crippen LogP contribution >= 0.6 is 0 Å². The van der Waals surface area contributed by atoms with E-state index in [4.69, 9.17) is 5.73 Å². The third-order valence-electron chi connectivity index (χ3n) is 4.34. The largest absolute Gasteiger partial charge is 0.383 e. The molecular formula is C14H23N5. The highest BCUT2D eigenvalue weighted by Crippen LogP contribution is 2.28. The molecule has 0 amide bonds. The van der Waals surface area contributed by atoms with Crippen molar-refractivity contribution < 1.29 is 0 Å². The van der Waals surface area contributed by atoms with Crippen LogP contribution in [0.4, 0.5) is 11.6 Å². The van der Waals surface area contributed by atoms with Crippen LogP contribution < -0.4 is 10.6 Å². The Hall–Kier alpha value is -1.36. The van der Waals surface area contributed by atoms with E-state index < -0.39 is 0 Å². The molecular weight excluding hydrogens is 238 g/mol. The van der Waals surface area contributed by atoms with E-state index in [0.717, 1.165) is 43.9 Å². The van der Waals surface area contributed by atoms with E-state index in [0.29, 0.717) is 11.9 Å². The Labute approximate surface area is 114 Å². The Bertz CT molecular complexity index is 447. The molecule has 1 aromatic rings. The van der Waals surface area contributed by atoms with E-state index in [1.165, 1.54) is 19.4 Å². The summed E-state index contributed by atoms with van der Waals surface area (Å²) in [6, 6.07) is 0.708. The van der Waals surface area contributed by atoms with Crippen molar-refractivity contribution in [3.63, 3.8) is 0 Å². The van der Waals surface area contributed by atoms with E-state index in [1.807, 2.05) is 0 Å². The molecule has 0 bridgehead atoms. The molecule has 2 saturated heterocycles. The number of nitrogens with two attached hydrogens (primary N) is 1.